The fourth-order valence-electron chi connectivity index (χ4n) is 1.33. The minimum absolute atomic E-state index is 0.113. The van der Waals surface area contributed by atoms with Crippen molar-refractivity contribution in [1.29, 1.82) is 10.5 Å². The molecule has 0 unspecified atom stereocenters. The lowest BCUT2D eigenvalue weighted by Gasteiger charge is -2.15. The van der Waals surface area contributed by atoms with Crippen molar-refractivity contribution >= 4 is 23.6 Å². The van der Waals surface area contributed by atoms with Crippen molar-refractivity contribution in [3.05, 3.63) is 10.6 Å². The van der Waals surface area contributed by atoms with Crippen LogP contribution in [0.4, 0.5) is 0 Å². The third kappa shape index (κ3) is 2.77. The number of nitriles is 2. The molecule has 1 rings (SSSR count). The maximum atomic E-state index is 11.6. The smallest absolute Gasteiger partial charge is 0.265 e. The quantitative estimate of drug-likeness (QED) is 0.430. The molecule has 1 fully saturated rings. The molecule has 1 aliphatic heterocycles. The normalized spacial score (nSPS) is 17.4. The Morgan fingerprint density at radius 1 is 1.59 bits per heavy atom. The van der Waals surface area contributed by atoms with Crippen LogP contribution in [0, 0.1) is 22.7 Å². The van der Waals surface area contributed by atoms with E-state index in [-0.39, 0.29) is 23.8 Å². The summed E-state index contributed by atoms with van der Waals surface area (Å²) in [6, 6.07) is 3.53. The highest BCUT2D eigenvalue weighted by atomic mass is 32.2. The van der Waals surface area contributed by atoms with E-state index < -0.39 is 5.91 Å². The lowest BCUT2D eigenvalue weighted by molar-refractivity contribution is -0.125. The molecule has 0 atom stereocenters. The highest BCUT2D eigenvalue weighted by Gasteiger charge is 2.30. The summed E-state index contributed by atoms with van der Waals surface area (Å²) in [5, 5.41) is 20.0. The van der Waals surface area contributed by atoms with Crippen LogP contribution in [0.1, 0.15) is 6.92 Å². The molecule has 0 aromatic rings. The minimum atomic E-state index is -0.621. The summed E-state index contributed by atoms with van der Waals surface area (Å²) >= 11 is 1.17. The van der Waals surface area contributed by atoms with Gasteiger partial charge in [0, 0.05) is 6.54 Å². The second-order valence-electron chi connectivity index (χ2n) is 3.06. The summed E-state index contributed by atoms with van der Waals surface area (Å²) in [4.78, 5) is 24.4. The predicted octanol–water partition coefficient (Wildman–Crippen LogP) is -0.0433. The van der Waals surface area contributed by atoms with Crippen LogP contribution in [0.25, 0.3) is 0 Å². The minimum Gasteiger partial charge on any atom is -0.338 e. The van der Waals surface area contributed by atoms with E-state index in [1.807, 2.05) is 0 Å². The molecule has 0 aromatic heterocycles. The first-order valence-corrected chi connectivity index (χ1v) is 5.87. The van der Waals surface area contributed by atoms with Gasteiger partial charge < -0.3 is 10.2 Å². The van der Waals surface area contributed by atoms with Crippen molar-refractivity contribution in [1.82, 2.24) is 10.2 Å². The van der Waals surface area contributed by atoms with Crippen LogP contribution in [0.3, 0.4) is 0 Å². The SMILES string of the molecule is CCN1C(=O)CS/C1=C(/C#N)C(=O)NCC#N. The predicted molar refractivity (Wildman–Crippen MR) is 61.1 cm³/mol. The summed E-state index contributed by atoms with van der Waals surface area (Å²) in [7, 11) is 0. The molecule has 0 radical (unpaired) electrons. The zero-order chi connectivity index (χ0) is 12.8. The van der Waals surface area contributed by atoms with Crippen molar-refractivity contribution < 1.29 is 9.59 Å². The van der Waals surface area contributed by atoms with Gasteiger partial charge in [-0.15, -0.1) is 0 Å². The van der Waals surface area contributed by atoms with Crippen LogP contribution >= 0.6 is 11.8 Å². The Morgan fingerprint density at radius 2 is 2.29 bits per heavy atom. The van der Waals surface area contributed by atoms with E-state index >= 15 is 0 Å². The van der Waals surface area contributed by atoms with Crippen LogP contribution in [-0.4, -0.2) is 35.6 Å². The van der Waals surface area contributed by atoms with E-state index in [1.54, 1.807) is 19.1 Å². The first-order valence-electron chi connectivity index (χ1n) is 4.88. The molecule has 0 aliphatic carbocycles. The molecule has 7 heteroatoms. The van der Waals surface area contributed by atoms with Crippen LogP contribution in [0.2, 0.25) is 0 Å². The molecular formula is C10H10N4O2S. The van der Waals surface area contributed by atoms with Crippen molar-refractivity contribution in [2.24, 2.45) is 0 Å². The van der Waals surface area contributed by atoms with Gasteiger partial charge in [-0.1, -0.05) is 11.8 Å². The summed E-state index contributed by atoms with van der Waals surface area (Å²) in [6.45, 7) is 2.02. The molecule has 0 aromatic carbocycles. The Bertz CT molecular complexity index is 458. The summed E-state index contributed by atoms with van der Waals surface area (Å²) in [5.41, 5.74) is -0.113. The van der Waals surface area contributed by atoms with Gasteiger partial charge in [-0.3, -0.25) is 9.59 Å². The number of carbonyl (C=O) groups is 2. The van der Waals surface area contributed by atoms with Gasteiger partial charge in [0.2, 0.25) is 5.91 Å². The zero-order valence-electron chi connectivity index (χ0n) is 9.19. The Hall–Kier alpha value is -1.99. The zero-order valence-corrected chi connectivity index (χ0v) is 10.0. The molecule has 0 spiro atoms. The lowest BCUT2D eigenvalue weighted by atomic mass is 10.3. The number of nitrogens with one attached hydrogen (secondary N) is 1. The fraction of sp³-hybridized carbons (Fsp3) is 0.400. The van der Waals surface area contributed by atoms with Crippen LogP contribution in [-0.2, 0) is 9.59 Å². The van der Waals surface area contributed by atoms with Gasteiger partial charge in [0.1, 0.15) is 23.2 Å². The first-order chi connectivity index (χ1) is 8.15. The van der Waals surface area contributed by atoms with Gasteiger partial charge in [0.05, 0.1) is 11.8 Å². The number of hydrogen-bond acceptors (Lipinski definition) is 5. The van der Waals surface area contributed by atoms with E-state index in [9.17, 15) is 9.59 Å². The van der Waals surface area contributed by atoms with Crippen molar-refractivity contribution in [3.8, 4) is 12.1 Å². The second kappa shape index (κ2) is 5.92. The Kier molecular flexibility index (Phi) is 4.56. The van der Waals surface area contributed by atoms with Crippen LogP contribution in [0.5, 0.6) is 0 Å². The standard InChI is InChI=1S/C10H10N4O2S/c1-2-14-8(15)6-17-10(14)7(5-12)9(16)13-4-3-11/h2,4,6H2,1H3,(H,13,16)/b10-7-. The molecule has 1 saturated heterocycles. The van der Waals surface area contributed by atoms with Crippen molar-refractivity contribution in [2.45, 2.75) is 6.92 Å². The average Bonchev–Trinajstić information content (AvgIpc) is 2.69. The lowest BCUT2D eigenvalue weighted by Crippen LogP contribution is -2.29. The number of hydrogen-bond donors (Lipinski definition) is 1. The van der Waals surface area contributed by atoms with Crippen LogP contribution in [0.15, 0.2) is 10.6 Å². The maximum absolute atomic E-state index is 11.6. The summed E-state index contributed by atoms with van der Waals surface area (Å²) in [6.07, 6.45) is 0. The molecule has 0 saturated carbocycles. The monoisotopic (exact) mass is 250 g/mol. The van der Waals surface area contributed by atoms with E-state index in [0.717, 1.165) is 0 Å². The number of rotatable bonds is 3. The molecule has 6 nitrogen and oxygen atoms in total. The topological polar surface area (TPSA) is 97.0 Å². The second-order valence-corrected chi connectivity index (χ2v) is 4.02. The number of carbonyl (C=O) groups excluding carboxylic acids is 2. The highest BCUT2D eigenvalue weighted by molar-refractivity contribution is 8.04. The van der Waals surface area contributed by atoms with Gasteiger partial charge in [-0.2, -0.15) is 10.5 Å². The largest absolute Gasteiger partial charge is 0.338 e. The van der Waals surface area contributed by atoms with E-state index in [0.29, 0.717) is 11.6 Å². The maximum Gasteiger partial charge on any atom is 0.265 e. The Morgan fingerprint density at radius 3 is 2.82 bits per heavy atom. The number of thioether (sulfide) groups is 1. The first kappa shape index (κ1) is 13.1. The summed E-state index contributed by atoms with van der Waals surface area (Å²) < 4.78 is 0. The Balaban J connectivity index is 3.00. The Labute approximate surface area is 103 Å². The van der Waals surface area contributed by atoms with Crippen molar-refractivity contribution in [3.63, 3.8) is 0 Å². The molecule has 1 heterocycles. The van der Waals surface area contributed by atoms with Gasteiger partial charge in [-0.05, 0) is 6.92 Å². The van der Waals surface area contributed by atoms with Gasteiger partial charge >= 0.3 is 0 Å². The summed E-state index contributed by atoms with van der Waals surface area (Å²) in [5.74, 6) is -0.502. The molecule has 1 aliphatic rings. The highest BCUT2D eigenvalue weighted by Crippen LogP contribution is 2.31. The number of nitrogens with zero attached hydrogens (tertiary/aromatic N) is 3. The van der Waals surface area contributed by atoms with Gasteiger partial charge in [0.25, 0.3) is 5.91 Å². The van der Waals surface area contributed by atoms with Crippen molar-refractivity contribution in [2.75, 3.05) is 18.8 Å². The van der Waals surface area contributed by atoms with E-state index in [2.05, 4.69) is 5.32 Å². The fourth-order valence-corrected chi connectivity index (χ4v) is 2.42. The van der Waals surface area contributed by atoms with Gasteiger partial charge in [-0.25, -0.2) is 0 Å². The average molecular weight is 250 g/mol. The molecule has 17 heavy (non-hydrogen) atoms. The molecular weight excluding hydrogens is 240 g/mol. The van der Waals surface area contributed by atoms with E-state index in [1.165, 1.54) is 16.7 Å². The molecule has 2 amide bonds. The number of amides is 2. The van der Waals surface area contributed by atoms with Crippen LogP contribution < -0.4 is 5.32 Å². The third-order valence-electron chi connectivity index (χ3n) is 2.08. The molecule has 88 valence electrons. The third-order valence-corrected chi connectivity index (χ3v) is 3.16. The van der Waals surface area contributed by atoms with E-state index in [4.69, 9.17) is 10.5 Å². The molecule has 0 bridgehead atoms. The van der Waals surface area contributed by atoms with Gasteiger partial charge in [0.15, 0.2) is 0 Å². The molecule has 1 N–H and O–H groups in total.